The van der Waals surface area contributed by atoms with E-state index < -0.39 is 45.8 Å². The Bertz CT molecular complexity index is 1410. The number of carbonyl (C=O) groups is 2. The molecule has 0 fully saturated rings. The minimum absolute atomic E-state index is 0.112. The number of rotatable bonds is 13. The van der Waals surface area contributed by atoms with E-state index in [9.17, 15) is 27.2 Å². The van der Waals surface area contributed by atoms with Crippen LogP contribution in [0.3, 0.4) is 0 Å². The van der Waals surface area contributed by atoms with E-state index in [0.29, 0.717) is 49.2 Å². The summed E-state index contributed by atoms with van der Waals surface area (Å²) < 4.78 is 66.5. The van der Waals surface area contributed by atoms with Crippen LogP contribution in [0.4, 0.5) is 22.4 Å². The minimum atomic E-state index is -1.49. The highest BCUT2D eigenvalue weighted by molar-refractivity contribution is 7.98. The van der Waals surface area contributed by atoms with Gasteiger partial charge < -0.3 is 20.1 Å². The Morgan fingerprint density at radius 3 is 2.30 bits per heavy atom. The third kappa shape index (κ3) is 11.3. The highest BCUT2D eigenvalue weighted by Gasteiger charge is 2.20. The highest BCUT2D eigenvalue weighted by atomic mass is 32.2. The Hall–Kier alpha value is -4.06. The zero-order valence-corrected chi connectivity index (χ0v) is 24.8. The van der Waals surface area contributed by atoms with Crippen LogP contribution in [0.25, 0.3) is 6.08 Å². The Labute approximate surface area is 252 Å². The van der Waals surface area contributed by atoms with Crippen molar-refractivity contribution in [1.82, 2.24) is 15.6 Å². The summed E-state index contributed by atoms with van der Waals surface area (Å²) in [6, 6.07) is 13.0. The van der Waals surface area contributed by atoms with Crippen molar-refractivity contribution in [3.05, 3.63) is 94.8 Å². The first kappa shape index (κ1) is 33.4. The van der Waals surface area contributed by atoms with E-state index in [1.807, 2.05) is 30.3 Å². The lowest BCUT2D eigenvalue weighted by molar-refractivity contribution is -0.116. The molecule has 0 aliphatic heterocycles. The third-order valence-corrected chi connectivity index (χ3v) is 6.67. The van der Waals surface area contributed by atoms with Crippen LogP contribution in [-0.4, -0.2) is 42.3 Å². The van der Waals surface area contributed by atoms with E-state index in [0.717, 1.165) is 5.56 Å². The maximum absolute atomic E-state index is 14.1. The average molecular weight is 620 g/mol. The van der Waals surface area contributed by atoms with Gasteiger partial charge in [0.2, 0.25) is 5.91 Å². The molecule has 2 aromatic carbocycles. The van der Waals surface area contributed by atoms with E-state index in [-0.39, 0.29) is 24.1 Å². The maximum atomic E-state index is 14.1. The molecule has 0 spiro atoms. The number of carbonyl (C=O) groups excluding carboxylic acids is 2. The predicted molar refractivity (Wildman–Crippen MR) is 157 cm³/mol. The number of pyridine rings is 1. The van der Waals surface area contributed by atoms with Gasteiger partial charge in [0.15, 0.2) is 23.3 Å². The smallest absolute Gasteiger partial charge is 0.407 e. The standard InChI is InChI=1S/C31H33F4N3O4S/c1-31(2,3)42-30(40)37-16-7-15-36-26(39)13-11-24-25(41-17-14-20-8-5-4-6-9-20)12-10-21(38-24)19-43-29-27(34)22(32)18-23(33)28(29)35/h4-6,8-13,18H,7,14-17,19H2,1-3H3,(H,36,39)(H,37,40)/b13-11+. The molecule has 0 aliphatic carbocycles. The molecule has 0 bridgehead atoms. The molecule has 0 radical (unpaired) electrons. The quantitative estimate of drug-likeness (QED) is 0.0738. The number of thioether (sulfide) groups is 1. The fourth-order valence-corrected chi connectivity index (χ4v) is 4.49. The van der Waals surface area contributed by atoms with E-state index in [4.69, 9.17) is 9.47 Å². The Kier molecular flexibility index (Phi) is 12.4. The van der Waals surface area contributed by atoms with Crippen molar-refractivity contribution >= 4 is 29.8 Å². The molecule has 43 heavy (non-hydrogen) atoms. The number of hydrogen-bond donors (Lipinski definition) is 2. The Morgan fingerprint density at radius 2 is 1.63 bits per heavy atom. The van der Waals surface area contributed by atoms with Gasteiger partial charge in [0, 0.05) is 37.4 Å². The van der Waals surface area contributed by atoms with E-state index in [2.05, 4.69) is 15.6 Å². The number of alkyl carbamates (subject to hydrolysis) is 1. The fraction of sp³-hybridized carbons (Fsp3) is 0.323. The van der Waals surface area contributed by atoms with Crippen molar-refractivity contribution in [2.45, 2.75) is 49.9 Å². The summed E-state index contributed by atoms with van der Waals surface area (Å²) in [5, 5.41) is 5.30. The Morgan fingerprint density at radius 1 is 0.953 bits per heavy atom. The zero-order chi connectivity index (χ0) is 31.4. The number of nitrogens with zero attached hydrogens (tertiary/aromatic N) is 1. The molecule has 12 heteroatoms. The molecule has 0 aliphatic rings. The van der Waals surface area contributed by atoms with Crippen molar-refractivity contribution in [3.8, 4) is 5.75 Å². The average Bonchev–Trinajstić information content (AvgIpc) is 2.95. The number of aromatic nitrogens is 1. The van der Waals surface area contributed by atoms with Crippen LogP contribution < -0.4 is 15.4 Å². The second-order valence-electron chi connectivity index (χ2n) is 10.3. The highest BCUT2D eigenvalue weighted by Crippen LogP contribution is 2.31. The summed E-state index contributed by atoms with van der Waals surface area (Å²) in [5.41, 5.74) is 1.06. The number of benzene rings is 2. The van der Waals surface area contributed by atoms with Crippen molar-refractivity contribution in [2.24, 2.45) is 0 Å². The van der Waals surface area contributed by atoms with Gasteiger partial charge in [0.1, 0.15) is 17.0 Å². The van der Waals surface area contributed by atoms with Crippen molar-refractivity contribution < 1.29 is 36.6 Å². The van der Waals surface area contributed by atoms with Crippen LogP contribution in [0.1, 0.15) is 44.1 Å². The lowest BCUT2D eigenvalue weighted by Crippen LogP contribution is -2.34. The first-order chi connectivity index (χ1) is 20.4. The summed E-state index contributed by atoms with van der Waals surface area (Å²) in [6.45, 7) is 6.17. The fourth-order valence-electron chi connectivity index (χ4n) is 3.59. The number of nitrogens with one attached hydrogen (secondary N) is 2. The van der Waals surface area contributed by atoms with Crippen molar-refractivity contribution in [1.29, 1.82) is 0 Å². The normalized spacial score (nSPS) is 11.4. The molecule has 3 aromatic rings. The summed E-state index contributed by atoms with van der Waals surface area (Å²) in [6.07, 6.45) is 3.22. The topological polar surface area (TPSA) is 89.6 Å². The van der Waals surface area contributed by atoms with Crippen molar-refractivity contribution in [2.75, 3.05) is 19.7 Å². The first-order valence-corrected chi connectivity index (χ1v) is 14.5. The summed E-state index contributed by atoms with van der Waals surface area (Å²) in [4.78, 5) is 27.8. The predicted octanol–water partition coefficient (Wildman–Crippen LogP) is 6.60. The van der Waals surface area contributed by atoms with Crippen LogP contribution in [0.2, 0.25) is 0 Å². The maximum Gasteiger partial charge on any atom is 0.407 e. The molecule has 1 heterocycles. The molecule has 2 N–H and O–H groups in total. The largest absolute Gasteiger partial charge is 0.491 e. The molecule has 7 nitrogen and oxygen atoms in total. The number of halogens is 4. The molecule has 0 unspecified atom stereocenters. The van der Waals surface area contributed by atoms with Crippen LogP contribution >= 0.6 is 11.8 Å². The van der Waals surface area contributed by atoms with Gasteiger partial charge in [0.05, 0.1) is 17.2 Å². The van der Waals surface area contributed by atoms with Crippen molar-refractivity contribution in [3.63, 3.8) is 0 Å². The summed E-state index contributed by atoms with van der Waals surface area (Å²) in [5.74, 6) is -6.12. The number of ether oxygens (including phenoxy) is 2. The van der Waals surface area contributed by atoms with Crippen LogP contribution in [0, 0.1) is 23.3 Å². The lowest BCUT2D eigenvalue weighted by Gasteiger charge is -2.19. The molecule has 230 valence electrons. The second-order valence-corrected chi connectivity index (χ2v) is 11.2. The van der Waals surface area contributed by atoms with E-state index >= 15 is 0 Å². The van der Waals surface area contributed by atoms with Gasteiger partial charge in [-0.3, -0.25) is 4.79 Å². The molecule has 0 saturated carbocycles. The SMILES string of the molecule is CC(C)(C)OC(=O)NCCCNC(=O)/C=C/c1nc(CSc2c(F)c(F)cc(F)c2F)ccc1OCCc1ccccc1. The van der Waals surface area contributed by atoms with Gasteiger partial charge in [-0.05, 0) is 51.0 Å². The lowest BCUT2D eigenvalue weighted by atomic mass is 10.2. The molecule has 2 amide bonds. The Balaban J connectivity index is 1.64. The molecule has 1 aromatic heterocycles. The molecule has 0 atom stereocenters. The van der Waals surface area contributed by atoms with Crippen LogP contribution in [0.15, 0.2) is 59.5 Å². The monoisotopic (exact) mass is 619 g/mol. The van der Waals surface area contributed by atoms with E-state index in [1.54, 1.807) is 32.9 Å². The minimum Gasteiger partial charge on any atom is -0.491 e. The second kappa shape index (κ2) is 16.0. The van der Waals surface area contributed by atoms with Gasteiger partial charge in [-0.2, -0.15) is 0 Å². The molecule has 3 rings (SSSR count). The molecule has 0 saturated heterocycles. The van der Waals surface area contributed by atoms with Crippen LogP contribution in [-0.2, 0) is 21.7 Å². The zero-order valence-electron chi connectivity index (χ0n) is 24.0. The van der Waals surface area contributed by atoms with E-state index in [1.165, 1.54) is 12.2 Å². The third-order valence-electron chi connectivity index (χ3n) is 5.58. The van der Waals surface area contributed by atoms with Gasteiger partial charge in [-0.15, -0.1) is 11.8 Å². The van der Waals surface area contributed by atoms with Gasteiger partial charge in [0.25, 0.3) is 0 Å². The molecular weight excluding hydrogens is 586 g/mol. The van der Waals surface area contributed by atoms with Gasteiger partial charge in [-0.25, -0.2) is 27.3 Å². The summed E-state index contributed by atoms with van der Waals surface area (Å²) in [7, 11) is 0. The molecular formula is C31H33F4N3O4S. The van der Waals surface area contributed by atoms with Gasteiger partial charge in [-0.1, -0.05) is 30.3 Å². The van der Waals surface area contributed by atoms with Crippen LogP contribution in [0.5, 0.6) is 5.75 Å². The first-order valence-electron chi connectivity index (χ1n) is 13.5. The number of amides is 2. The summed E-state index contributed by atoms with van der Waals surface area (Å²) >= 11 is 0.554. The number of hydrogen-bond acceptors (Lipinski definition) is 6. The van der Waals surface area contributed by atoms with Gasteiger partial charge >= 0.3 is 6.09 Å².